The number of ether oxygens (including phenoxy) is 2. The highest BCUT2D eigenvalue weighted by Crippen LogP contribution is 2.23. The Hall–Kier alpha value is -2.47. The Kier molecular flexibility index (Phi) is 4.72. The monoisotopic (exact) mass is 320 g/mol. The fourth-order valence-corrected chi connectivity index (χ4v) is 2.16. The predicted molar refractivity (Wildman–Crippen MR) is 88.5 cm³/mol. The van der Waals surface area contributed by atoms with E-state index in [1.54, 1.807) is 12.1 Å². The number of aromatic nitrogens is 2. The summed E-state index contributed by atoms with van der Waals surface area (Å²) in [5.41, 5.74) is 7.22. The average molecular weight is 321 g/mol. The highest BCUT2D eigenvalue weighted by Gasteiger charge is 2.11. The number of aliphatic imine (C=N–C) groups is 1. The summed E-state index contributed by atoms with van der Waals surface area (Å²) < 4.78 is 11.8. The van der Waals surface area contributed by atoms with Crippen LogP contribution in [0.2, 0.25) is 5.02 Å². The summed E-state index contributed by atoms with van der Waals surface area (Å²) in [4.78, 5) is 8.76. The molecule has 2 aromatic rings. The second-order valence-corrected chi connectivity index (χ2v) is 4.89. The number of hydrogen-bond acceptors (Lipinski definition) is 5. The third kappa shape index (κ3) is 3.23. The van der Waals surface area contributed by atoms with E-state index in [0.29, 0.717) is 10.8 Å². The molecule has 0 saturated carbocycles. The summed E-state index contributed by atoms with van der Waals surface area (Å²) >= 11 is 5.99. The Morgan fingerprint density at radius 2 is 2.14 bits per heavy atom. The minimum atomic E-state index is 0.187. The number of imidazole rings is 1. The smallest absolute Gasteiger partial charge is 0.220 e. The van der Waals surface area contributed by atoms with Gasteiger partial charge in [0.25, 0.3) is 0 Å². The molecule has 2 rings (SSSR count). The molecule has 0 saturated heterocycles. The normalized spacial score (nSPS) is 12.5. The molecule has 0 fully saturated rings. The summed E-state index contributed by atoms with van der Waals surface area (Å²) in [5.74, 6) is 1.65. The topological polar surface area (TPSA) is 74.7 Å². The van der Waals surface area contributed by atoms with Gasteiger partial charge < -0.3 is 15.2 Å². The van der Waals surface area contributed by atoms with Crippen molar-refractivity contribution in [1.82, 2.24) is 9.55 Å². The van der Waals surface area contributed by atoms with Crippen molar-refractivity contribution in [2.24, 2.45) is 10.7 Å². The second kappa shape index (κ2) is 6.53. The quantitative estimate of drug-likeness (QED) is 0.534. The van der Waals surface area contributed by atoms with Gasteiger partial charge in [-0.2, -0.15) is 4.99 Å². The zero-order valence-corrected chi connectivity index (χ0v) is 13.4. The van der Waals surface area contributed by atoms with Crippen LogP contribution >= 0.6 is 11.6 Å². The molecule has 22 heavy (non-hydrogen) atoms. The van der Waals surface area contributed by atoms with Crippen molar-refractivity contribution >= 4 is 34.4 Å². The zero-order valence-electron chi connectivity index (χ0n) is 12.6. The molecule has 6 nitrogen and oxygen atoms in total. The average Bonchev–Trinajstić information content (AvgIpc) is 2.81. The van der Waals surface area contributed by atoms with E-state index < -0.39 is 0 Å². The van der Waals surface area contributed by atoms with Crippen molar-refractivity contribution < 1.29 is 9.47 Å². The SMILES string of the molecule is C=C(/N=C(\C=C(/N)OC)OC)n1c(C)nc2cc(Cl)ccc21. The van der Waals surface area contributed by atoms with Gasteiger partial charge in [-0.1, -0.05) is 18.2 Å². The number of halogens is 1. The Morgan fingerprint density at radius 1 is 1.41 bits per heavy atom. The van der Waals surface area contributed by atoms with Crippen molar-refractivity contribution in [3.8, 4) is 0 Å². The molecule has 7 heteroatoms. The Labute approximate surface area is 133 Å². The highest BCUT2D eigenvalue weighted by atomic mass is 35.5. The molecule has 1 aromatic carbocycles. The molecule has 116 valence electrons. The Morgan fingerprint density at radius 3 is 2.77 bits per heavy atom. The summed E-state index contributed by atoms with van der Waals surface area (Å²) in [6, 6.07) is 5.44. The first-order valence-corrected chi connectivity index (χ1v) is 6.81. The molecule has 0 radical (unpaired) electrons. The maximum absolute atomic E-state index is 5.99. The maximum Gasteiger partial charge on any atom is 0.220 e. The number of benzene rings is 1. The van der Waals surface area contributed by atoms with Crippen LogP contribution in [-0.2, 0) is 9.47 Å². The molecule has 0 aliphatic heterocycles. The van der Waals surface area contributed by atoms with Crippen LogP contribution in [0.3, 0.4) is 0 Å². The van der Waals surface area contributed by atoms with Gasteiger partial charge in [0.2, 0.25) is 5.90 Å². The van der Waals surface area contributed by atoms with Crippen molar-refractivity contribution in [2.45, 2.75) is 6.92 Å². The molecular weight excluding hydrogens is 304 g/mol. The predicted octanol–water partition coefficient (Wildman–Crippen LogP) is 2.92. The number of nitrogens with zero attached hydrogens (tertiary/aromatic N) is 3. The van der Waals surface area contributed by atoms with Gasteiger partial charge in [-0.15, -0.1) is 0 Å². The lowest BCUT2D eigenvalue weighted by Gasteiger charge is -2.08. The first kappa shape index (κ1) is 15.9. The van der Waals surface area contributed by atoms with Gasteiger partial charge in [-0.05, 0) is 25.1 Å². The summed E-state index contributed by atoms with van der Waals surface area (Å²) in [6.07, 6.45) is 1.47. The molecule has 0 bridgehead atoms. The van der Waals surface area contributed by atoms with Gasteiger partial charge in [-0.25, -0.2) is 4.98 Å². The lowest BCUT2D eigenvalue weighted by molar-refractivity contribution is 0.286. The highest BCUT2D eigenvalue weighted by molar-refractivity contribution is 6.31. The van der Waals surface area contributed by atoms with E-state index in [1.807, 2.05) is 17.6 Å². The molecule has 0 aliphatic rings. The van der Waals surface area contributed by atoms with E-state index in [1.165, 1.54) is 20.3 Å². The van der Waals surface area contributed by atoms with Crippen LogP contribution < -0.4 is 5.73 Å². The van der Waals surface area contributed by atoms with E-state index in [2.05, 4.69) is 16.6 Å². The molecule has 1 aromatic heterocycles. The largest absolute Gasteiger partial charge is 0.483 e. The summed E-state index contributed by atoms with van der Waals surface area (Å²) in [7, 11) is 2.95. The lowest BCUT2D eigenvalue weighted by Crippen LogP contribution is -2.07. The van der Waals surface area contributed by atoms with Crippen LogP contribution in [-0.4, -0.2) is 29.7 Å². The van der Waals surface area contributed by atoms with Crippen molar-refractivity contribution in [3.63, 3.8) is 0 Å². The molecule has 0 atom stereocenters. The van der Waals surface area contributed by atoms with Crippen LogP contribution in [0.4, 0.5) is 0 Å². The van der Waals surface area contributed by atoms with E-state index in [4.69, 9.17) is 26.8 Å². The summed E-state index contributed by atoms with van der Waals surface area (Å²) in [6.45, 7) is 5.82. The van der Waals surface area contributed by atoms with Crippen LogP contribution in [0.5, 0.6) is 0 Å². The molecule has 1 heterocycles. The maximum atomic E-state index is 5.99. The third-order valence-electron chi connectivity index (χ3n) is 2.99. The molecule has 0 amide bonds. The van der Waals surface area contributed by atoms with E-state index >= 15 is 0 Å². The van der Waals surface area contributed by atoms with Gasteiger partial charge in [-0.3, -0.25) is 4.57 Å². The first-order chi connectivity index (χ1) is 10.5. The zero-order chi connectivity index (χ0) is 16.3. The Balaban J connectivity index is 2.47. The standard InChI is InChI=1S/C15H17ClN4O2/c1-9-18-12-7-11(16)5-6-13(12)20(9)10(2)19-15(22-4)8-14(17)21-3/h5-8H,2,17H2,1,3-4H3/b14-8+,19-15+. The second-order valence-electron chi connectivity index (χ2n) is 4.45. The van der Waals surface area contributed by atoms with Crippen LogP contribution in [0.25, 0.3) is 16.9 Å². The number of hydrogen-bond donors (Lipinski definition) is 1. The van der Waals surface area contributed by atoms with Crippen LogP contribution in [0, 0.1) is 6.92 Å². The number of nitrogens with two attached hydrogens (primary N) is 1. The third-order valence-corrected chi connectivity index (χ3v) is 3.23. The van der Waals surface area contributed by atoms with Crippen molar-refractivity contribution in [2.75, 3.05) is 14.2 Å². The van der Waals surface area contributed by atoms with E-state index in [9.17, 15) is 0 Å². The fourth-order valence-electron chi connectivity index (χ4n) is 1.99. The minimum absolute atomic E-state index is 0.187. The van der Waals surface area contributed by atoms with Crippen molar-refractivity contribution in [3.05, 3.63) is 47.6 Å². The van der Waals surface area contributed by atoms with E-state index in [0.717, 1.165) is 16.9 Å². The van der Waals surface area contributed by atoms with Crippen molar-refractivity contribution in [1.29, 1.82) is 0 Å². The number of rotatable bonds is 4. The number of aryl methyl sites for hydroxylation is 1. The van der Waals surface area contributed by atoms with Gasteiger partial charge in [0.1, 0.15) is 11.6 Å². The summed E-state index contributed by atoms with van der Waals surface area (Å²) in [5, 5.41) is 0.625. The van der Waals surface area contributed by atoms with Gasteiger partial charge >= 0.3 is 0 Å². The van der Waals surface area contributed by atoms with Gasteiger partial charge in [0.15, 0.2) is 5.88 Å². The lowest BCUT2D eigenvalue weighted by atomic mass is 10.3. The molecular formula is C15H17ClN4O2. The minimum Gasteiger partial charge on any atom is -0.483 e. The number of fused-ring (bicyclic) bond motifs is 1. The molecule has 0 aliphatic carbocycles. The first-order valence-electron chi connectivity index (χ1n) is 6.44. The molecule has 2 N–H and O–H groups in total. The van der Waals surface area contributed by atoms with E-state index in [-0.39, 0.29) is 11.8 Å². The van der Waals surface area contributed by atoms with Crippen LogP contribution in [0.1, 0.15) is 5.82 Å². The van der Waals surface area contributed by atoms with Gasteiger partial charge in [0, 0.05) is 5.02 Å². The van der Waals surface area contributed by atoms with Gasteiger partial charge in [0.05, 0.1) is 31.3 Å². The number of methoxy groups -OCH3 is 2. The Bertz CT molecular complexity index is 777. The molecule has 0 unspecified atom stereocenters. The molecule has 0 spiro atoms. The fraction of sp³-hybridized carbons (Fsp3) is 0.200. The van der Waals surface area contributed by atoms with Crippen LogP contribution in [0.15, 0.2) is 41.7 Å².